The van der Waals surface area contributed by atoms with E-state index in [4.69, 9.17) is 0 Å². The van der Waals surface area contributed by atoms with Gasteiger partial charge in [0.15, 0.2) is 0 Å². The predicted molar refractivity (Wildman–Crippen MR) is 83.6 cm³/mol. The second-order valence-corrected chi connectivity index (χ2v) is 4.52. The smallest absolute Gasteiger partial charge is 0.0757 e. The molecule has 0 aliphatic rings. The molecule has 0 aromatic heterocycles. The summed E-state index contributed by atoms with van der Waals surface area (Å²) in [6.07, 6.45) is 4.12. The molecule has 0 saturated heterocycles. The first-order chi connectivity index (χ1) is 8.67. The predicted octanol–water partition coefficient (Wildman–Crippen LogP) is 4.60. The van der Waals surface area contributed by atoms with Gasteiger partial charge in [0.05, 0.1) is 26.2 Å². The number of benzene rings is 1. The van der Waals surface area contributed by atoms with Crippen molar-refractivity contribution in [3.05, 3.63) is 42.0 Å². The zero-order valence-corrected chi connectivity index (χ0v) is 12.8. The monoisotopic (exact) mass is 248 g/mol. The Morgan fingerprint density at radius 2 is 1.28 bits per heavy atom. The van der Waals surface area contributed by atoms with Crippen LogP contribution in [0.25, 0.3) is 6.08 Å². The summed E-state index contributed by atoms with van der Waals surface area (Å²) < 4.78 is 1.28. The molecule has 18 heavy (non-hydrogen) atoms. The van der Waals surface area contributed by atoms with Crippen LogP contribution < -0.4 is 0 Å². The van der Waals surface area contributed by atoms with Crippen LogP contribution in [0, 0.1) is 0 Å². The van der Waals surface area contributed by atoms with Gasteiger partial charge in [0.25, 0.3) is 0 Å². The fraction of sp³-hybridized carbons (Fsp3) is 0.529. The van der Waals surface area contributed by atoms with E-state index in [0.29, 0.717) is 0 Å². The largest absolute Gasteiger partial charge is 0.325 e. The number of rotatable bonds is 5. The molecule has 0 aliphatic heterocycles. The number of hydrogen-bond acceptors (Lipinski definition) is 0. The summed E-state index contributed by atoms with van der Waals surface area (Å²) in [7, 11) is 0. The Morgan fingerprint density at radius 3 is 1.56 bits per heavy atom. The van der Waals surface area contributed by atoms with Crippen molar-refractivity contribution in [3.63, 3.8) is 0 Å². The van der Waals surface area contributed by atoms with Crippen LogP contribution in [0.4, 0.5) is 0 Å². The van der Waals surface area contributed by atoms with E-state index in [0.717, 1.165) is 0 Å². The summed E-state index contributed by atoms with van der Waals surface area (Å²) in [5, 5.41) is 0. The molecule has 0 amide bonds. The van der Waals surface area contributed by atoms with Crippen LogP contribution in [0.5, 0.6) is 0 Å². The topological polar surface area (TPSA) is 0 Å². The van der Waals surface area contributed by atoms with E-state index in [1.807, 2.05) is 31.2 Å². The maximum absolute atomic E-state index is 2.27. The lowest BCUT2D eigenvalue weighted by Gasteiger charge is -2.34. The third-order valence-corrected chi connectivity index (χ3v) is 3.84. The van der Waals surface area contributed by atoms with Crippen LogP contribution in [0.3, 0.4) is 0 Å². The molecule has 0 heterocycles. The molecule has 1 nitrogen and oxygen atoms in total. The van der Waals surface area contributed by atoms with Crippen LogP contribution in [-0.4, -0.2) is 30.7 Å². The summed E-state index contributed by atoms with van der Waals surface area (Å²) in [6.45, 7) is 16.2. The molecule has 1 heteroatoms. The molecule has 1 aromatic rings. The Bertz CT molecular complexity index is 292. The zero-order valence-electron chi connectivity index (χ0n) is 12.8. The molecule has 0 unspecified atom stereocenters. The van der Waals surface area contributed by atoms with Crippen molar-refractivity contribution in [2.24, 2.45) is 0 Å². The first kappa shape index (κ1) is 16.9. The molecule has 0 spiro atoms. The number of quaternary nitrogens is 1. The molecule has 0 saturated carbocycles. The number of hydrogen-bond donors (Lipinski definition) is 0. The van der Waals surface area contributed by atoms with Gasteiger partial charge in [0.2, 0.25) is 0 Å². The van der Waals surface area contributed by atoms with Crippen molar-refractivity contribution in [3.8, 4) is 0 Å². The molecule has 0 fully saturated rings. The van der Waals surface area contributed by atoms with Crippen molar-refractivity contribution in [2.75, 3.05) is 26.2 Å². The van der Waals surface area contributed by atoms with E-state index < -0.39 is 0 Å². The van der Waals surface area contributed by atoms with Gasteiger partial charge in [0, 0.05) is 0 Å². The van der Waals surface area contributed by atoms with E-state index >= 15 is 0 Å². The summed E-state index contributed by atoms with van der Waals surface area (Å²) in [5.41, 5.74) is 1.26. The van der Waals surface area contributed by atoms with Crippen LogP contribution in [0.2, 0.25) is 0 Å². The van der Waals surface area contributed by atoms with Crippen LogP contribution in [0.1, 0.15) is 40.2 Å². The van der Waals surface area contributed by atoms with Crippen LogP contribution in [-0.2, 0) is 0 Å². The molecule has 102 valence electrons. The molecule has 0 N–H and O–H groups in total. The van der Waals surface area contributed by atoms with Crippen LogP contribution >= 0.6 is 0 Å². The molecule has 1 rings (SSSR count). The Hall–Kier alpha value is -1.08. The Labute approximate surface area is 114 Å². The van der Waals surface area contributed by atoms with Gasteiger partial charge in [-0.3, -0.25) is 0 Å². The maximum Gasteiger partial charge on any atom is 0.0757 e. The summed E-state index contributed by atoms with van der Waals surface area (Å²) in [6, 6.07) is 10.3. The highest BCUT2D eigenvalue weighted by molar-refractivity contribution is 5.47. The minimum absolute atomic E-state index is 1.26. The van der Waals surface area contributed by atoms with Gasteiger partial charge in [0.1, 0.15) is 0 Å². The van der Waals surface area contributed by atoms with Crippen molar-refractivity contribution >= 4 is 6.08 Å². The van der Waals surface area contributed by atoms with Crippen molar-refractivity contribution in [2.45, 2.75) is 34.6 Å². The lowest BCUT2D eigenvalue weighted by molar-refractivity contribution is -0.921. The van der Waals surface area contributed by atoms with Crippen molar-refractivity contribution < 1.29 is 4.48 Å². The second kappa shape index (κ2) is 9.90. The molecular formula is C17H30N+. The zero-order chi connectivity index (χ0) is 13.9. The van der Waals surface area contributed by atoms with Gasteiger partial charge in [-0.05, 0) is 40.2 Å². The lowest BCUT2D eigenvalue weighted by Crippen LogP contribution is -2.47. The van der Waals surface area contributed by atoms with Gasteiger partial charge in [-0.15, -0.1) is 0 Å². The van der Waals surface area contributed by atoms with E-state index in [1.165, 1.54) is 36.2 Å². The quantitative estimate of drug-likeness (QED) is 0.668. The standard InChI is InChI=1S/C9H10.C8H20N/c1-2-6-9-7-4-3-5-8-9;1-5-9(6-2,7-3)8-4/h2-8H,1H3;5-8H2,1-4H3/q;+1. The van der Waals surface area contributed by atoms with Crippen LogP contribution in [0.15, 0.2) is 36.4 Å². The minimum atomic E-state index is 1.26. The molecular weight excluding hydrogens is 218 g/mol. The lowest BCUT2D eigenvalue weighted by atomic mass is 10.2. The van der Waals surface area contributed by atoms with E-state index in [9.17, 15) is 0 Å². The third kappa shape index (κ3) is 6.02. The second-order valence-electron chi connectivity index (χ2n) is 4.52. The van der Waals surface area contributed by atoms with Gasteiger partial charge in [-0.2, -0.15) is 0 Å². The number of allylic oxidation sites excluding steroid dienone is 1. The molecule has 0 bridgehead atoms. The Balaban J connectivity index is 0.000000321. The fourth-order valence-electron chi connectivity index (χ4n) is 2.10. The molecule has 0 radical (unpaired) electrons. The van der Waals surface area contributed by atoms with Gasteiger partial charge in [-0.1, -0.05) is 42.5 Å². The molecule has 1 aromatic carbocycles. The SMILES string of the molecule is CC=Cc1ccccc1.CC[N+](CC)(CC)CC. The van der Waals surface area contributed by atoms with Gasteiger partial charge < -0.3 is 4.48 Å². The first-order valence-electron chi connectivity index (χ1n) is 7.20. The third-order valence-electron chi connectivity index (χ3n) is 3.84. The highest BCUT2D eigenvalue weighted by Crippen LogP contribution is 2.03. The maximum atomic E-state index is 2.27. The molecule has 0 aliphatic carbocycles. The van der Waals surface area contributed by atoms with Gasteiger partial charge in [-0.25, -0.2) is 0 Å². The Kier molecular flexibility index (Phi) is 9.31. The highest BCUT2D eigenvalue weighted by Gasteiger charge is 2.16. The Morgan fingerprint density at radius 1 is 0.833 bits per heavy atom. The first-order valence-corrected chi connectivity index (χ1v) is 7.20. The van der Waals surface area contributed by atoms with Crippen molar-refractivity contribution in [1.29, 1.82) is 0 Å². The van der Waals surface area contributed by atoms with E-state index in [1.54, 1.807) is 0 Å². The average Bonchev–Trinajstić information content (AvgIpc) is 2.44. The number of nitrogens with zero attached hydrogens (tertiary/aromatic N) is 1. The van der Waals surface area contributed by atoms with Gasteiger partial charge >= 0.3 is 0 Å². The van der Waals surface area contributed by atoms with E-state index in [2.05, 4.69) is 45.9 Å². The average molecular weight is 248 g/mol. The minimum Gasteiger partial charge on any atom is -0.325 e. The van der Waals surface area contributed by atoms with Crippen molar-refractivity contribution in [1.82, 2.24) is 0 Å². The highest BCUT2D eigenvalue weighted by atomic mass is 15.3. The summed E-state index contributed by atoms with van der Waals surface area (Å²) in [5.74, 6) is 0. The summed E-state index contributed by atoms with van der Waals surface area (Å²) >= 11 is 0. The fourth-order valence-corrected chi connectivity index (χ4v) is 2.10. The van der Waals surface area contributed by atoms with E-state index in [-0.39, 0.29) is 0 Å². The summed E-state index contributed by atoms with van der Waals surface area (Å²) in [4.78, 5) is 0. The molecule has 0 atom stereocenters. The normalized spacial score (nSPS) is 11.2.